The van der Waals surface area contributed by atoms with E-state index in [-0.39, 0.29) is 5.91 Å². The number of pyridine rings is 1. The Kier molecular flexibility index (Phi) is 5.72. The molecule has 0 saturated carbocycles. The molecule has 0 unspecified atom stereocenters. The van der Waals surface area contributed by atoms with Gasteiger partial charge in [0.05, 0.1) is 31.5 Å². The number of hydrogen-bond acceptors (Lipinski definition) is 4. The van der Waals surface area contributed by atoms with Crippen molar-refractivity contribution in [2.45, 2.75) is 19.5 Å². The molecule has 0 saturated heterocycles. The second-order valence-electron chi connectivity index (χ2n) is 5.51. The molecule has 3 aromatic rings. The molecule has 1 aromatic carbocycles. The van der Waals surface area contributed by atoms with Crippen molar-refractivity contribution in [2.24, 2.45) is 4.99 Å². The number of amides is 1. The van der Waals surface area contributed by atoms with Crippen molar-refractivity contribution in [1.82, 2.24) is 10.3 Å². The van der Waals surface area contributed by atoms with E-state index in [2.05, 4.69) is 15.3 Å². The van der Waals surface area contributed by atoms with Crippen LogP contribution in [0.1, 0.15) is 17.0 Å². The second kappa shape index (κ2) is 8.59. The molecule has 0 aliphatic carbocycles. The molecule has 2 aromatic heterocycles. The summed E-state index contributed by atoms with van der Waals surface area (Å²) in [5.74, 6) is 0.498. The number of nitrogens with one attached hydrogen (secondary N) is 1. The first-order valence-corrected chi connectivity index (χ1v) is 8.09. The van der Waals surface area contributed by atoms with E-state index in [1.54, 1.807) is 18.5 Å². The molecule has 0 aliphatic heterocycles. The van der Waals surface area contributed by atoms with Crippen LogP contribution in [0.4, 0.5) is 0 Å². The van der Waals surface area contributed by atoms with Crippen molar-refractivity contribution in [3.8, 4) is 0 Å². The summed E-state index contributed by atoms with van der Waals surface area (Å²) in [5.41, 5.74) is 2.29. The standard InChI is InChI=1S/C20H19N3O2/c24-20(23-15-17-9-4-5-11-21-17)19(13-18-10-6-12-25-18)22-14-16-7-2-1-3-8-16/h1-12H,13-15H2,(H,23,24). The third kappa shape index (κ3) is 5.14. The molecule has 0 bridgehead atoms. The molecule has 5 heteroatoms. The van der Waals surface area contributed by atoms with Crippen LogP contribution in [0, 0.1) is 0 Å². The lowest BCUT2D eigenvalue weighted by Crippen LogP contribution is -2.32. The lowest BCUT2D eigenvalue weighted by molar-refractivity contribution is -0.115. The fourth-order valence-electron chi connectivity index (χ4n) is 2.33. The molecular weight excluding hydrogens is 314 g/mol. The topological polar surface area (TPSA) is 67.5 Å². The Morgan fingerprint density at radius 3 is 2.60 bits per heavy atom. The number of benzene rings is 1. The van der Waals surface area contributed by atoms with Crippen molar-refractivity contribution >= 4 is 11.6 Å². The number of carbonyl (C=O) groups excluding carboxylic acids is 1. The van der Waals surface area contributed by atoms with Crippen LogP contribution in [0.25, 0.3) is 0 Å². The Bertz CT molecular complexity index is 813. The van der Waals surface area contributed by atoms with Gasteiger partial charge in [-0.1, -0.05) is 36.4 Å². The van der Waals surface area contributed by atoms with Crippen molar-refractivity contribution < 1.29 is 9.21 Å². The molecule has 0 atom stereocenters. The van der Waals surface area contributed by atoms with Gasteiger partial charge in [0.1, 0.15) is 11.5 Å². The van der Waals surface area contributed by atoms with Gasteiger partial charge >= 0.3 is 0 Å². The van der Waals surface area contributed by atoms with E-state index in [9.17, 15) is 4.79 Å². The first kappa shape index (κ1) is 16.6. The Morgan fingerprint density at radius 2 is 1.88 bits per heavy atom. The minimum Gasteiger partial charge on any atom is -0.469 e. The van der Waals surface area contributed by atoms with E-state index >= 15 is 0 Å². The molecule has 1 amide bonds. The molecule has 0 radical (unpaired) electrons. The van der Waals surface area contributed by atoms with E-state index in [0.29, 0.717) is 31.0 Å². The molecular formula is C20H19N3O2. The third-order valence-electron chi connectivity index (χ3n) is 3.64. The largest absolute Gasteiger partial charge is 0.469 e. The molecule has 3 rings (SSSR count). The maximum Gasteiger partial charge on any atom is 0.266 e. The van der Waals surface area contributed by atoms with Crippen molar-refractivity contribution in [1.29, 1.82) is 0 Å². The van der Waals surface area contributed by atoms with E-state index in [1.165, 1.54) is 0 Å². The van der Waals surface area contributed by atoms with E-state index in [0.717, 1.165) is 11.3 Å². The molecule has 25 heavy (non-hydrogen) atoms. The van der Waals surface area contributed by atoms with Crippen molar-refractivity contribution in [3.63, 3.8) is 0 Å². The van der Waals surface area contributed by atoms with Crippen LogP contribution >= 0.6 is 0 Å². The molecule has 5 nitrogen and oxygen atoms in total. The van der Waals surface area contributed by atoms with Crippen LogP contribution in [0.2, 0.25) is 0 Å². The number of furan rings is 1. The predicted molar refractivity (Wildman–Crippen MR) is 96.1 cm³/mol. The summed E-state index contributed by atoms with van der Waals surface area (Å²) in [6.07, 6.45) is 3.65. The first-order valence-electron chi connectivity index (χ1n) is 8.09. The third-order valence-corrected chi connectivity index (χ3v) is 3.64. The quantitative estimate of drug-likeness (QED) is 0.675. The second-order valence-corrected chi connectivity index (χ2v) is 5.51. The van der Waals surface area contributed by atoms with Gasteiger partial charge in [-0.3, -0.25) is 14.8 Å². The summed E-state index contributed by atoms with van der Waals surface area (Å²) in [5, 5.41) is 2.87. The van der Waals surface area contributed by atoms with Gasteiger partial charge in [-0.2, -0.15) is 0 Å². The zero-order valence-electron chi connectivity index (χ0n) is 13.8. The Labute approximate surface area is 146 Å². The highest BCUT2D eigenvalue weighted by molar-refractivity contribution is 6.39. The van der Waals surface area contributed by atoms with Gasteiger partial charge in [-0.15, -0.1) is 0 Å². The first-order chi connectivity index (χ1) is 12.3. The zero-order chi connectivity index (χ0) is 17.3. The lowest BCUT2D eigenvalue weighted by Gasteiger charge is -2.07. The van der Waals surface area contributed by atoms with Crippen LogP contribution in [-0.4, -0.2) is 16.6 Å². The van der Waals surface area contributed by atoms with Crippen LogP contribution in [0.3, 0.4) is 0 Å². The fourth-order valence-corrected chi connectivity index (χ4v) is 2.33. The van der Waals surface area contributed by atoms with E-state index in [1.807, 2.05) is 54.6 Å². The number of nitrogens with zero attached hydrogens (tertiary/aromatic N) is 2. The van der Waals surface area contributed by atoms with Gasteiger partial charge in [-0.25, -0.2) is 0 Å². The summed E-state index contributed by atoms with van der Waals surface area (Å²) in [7, 11) is 0. The minimum absolute atomic E-state index is 0.210. The fraction of sp³-hybridized carbons (Fsp3) is 0.150. The predicted octanol–water partition coefficient (Wildman–Crippen LogP) is 3.17. The zero-order valence-corrected chi connectivity index (χ0v) is 13.8. The van der Waals surface area contributed by atoms with Crippen molar-refractivity contribution in [3.05, 3.63) is 90.1 Å². The molecule has 1 N–H and O–H groups in total. The average Bonchev–Trinajstić information content (AvgIpc) is 3.18. The molecule has 2 heterocycles. The van der Waals surface area contributed by atoms with Gasteiger partial charge in [0.15, 0.2) is 0 Å². The highest BCUT2D eigenvalue weighted by atomic mass is 16.3. The number of aliphatic imine (C=N–C) groups is 1. The van der Waals surface area contributed by atoms with Gasteiger partial charge in [0, 0.05) is 6.20 Å². The van der Waals surface area contributed by atoms with Crippen LogP contribution in [0.15, 0.2) is 82.5 Å². The highest BCUT2D eigenvalue weighted by Gasteiger charge is 2.13. The highest BCUT2D eigenvalue weighted by Crippen LogP contribution is 2.06. The Morgan fingerprint density at radius 1 is 1.04 bits per heavy atom. The number of carbonyl (C=O) groups is 1. The van der Waals surface area contributed by atoms with Gasteiger partial charge in [-0.05, 0) is 29.8 Å². The number of aromatic nitrogens is 1. The van der Waals surface area contributed by atoms with E-state index in [4.69, 9.17) is 4.42 Å². The smallest absolute Gasteiger partial charge is 0.266 e. The summed E-state index contributed by atoms with van der Waals surface area (Å²) in [6, 6.07) is 19.1. The van der Waals surface area contributed by atoms with Crippen LogP contribution < -0.4 is 5.32 Å². The van der Waals surface area contributed by atoms with Gasteiger partial charge in [0.25, 0.3) is 5.91 Å². The van der Waals surface area contributed by atoms with Crippen LogP contribution in [-0.2, 0) is 24.3 Å². The normalized spacial score (nSPS) is 11.3. The van der Waals surface area contributed by atoms with E-state index < -0.39 is 0 Å². The lowest BCUT2D eigenvalue weighted by atomic mass is 10.2. The monoisotopic (exact) mass is 333 g/mol. The Balaban J connectivity index is 1.69. The van der Waals surface area contributed by atoms with Crippen molar-refractivity contribution in [2.75, 3.05) is 0 Å². The SMILES string of the molecule is O=C(NCc1ccccn1)C(Cc1ccco1)=NCc1ccccc1. The molecule has 0 spiro atoms. The molecule has 0 aliphatic rings. The van der Waals surface area contributed by atoms with Gasteiger partial charge < -0.3 is 9.73 Å². The molecule has 0 fully saturated rings. The van der Waals surface area contributed by atoms with Gasteiger partial charge in [0.2, 0.25) is 0 Å². The Hall–Kier alpha value is -3.21. The number of rotatable bonds is 7. The summed E-state index contributed by atoms with van der Waals surface area (Å²) >= 11 is 0. The minimum atomic E-state index is -0.210. The number of hydrogen-bond donors (Lipinski definition) is 1. The summed E-state index contributed by atoms with van der Waals surface area (Å²) in [6.45, 7) is 0.816. The summed E-state index contributed by atoms with van der Waals surface area (Å²) < 4.78 is 5.36. The maximum atomic E-state index is 12.6. The van der Waals surface area contributed by atoms with Crippen LogP contribution in [0.5, 0.6) is 0 Å². The molecule has 126 valence electrons. The summed E-state index contributed by atoms with van der Waals surface area (Å²) in [4.78, 5) is 21.3. The average molecular weight is 333 g/mol. The maximum absolute atomic E-state index is 12.6.